The van der Waals surface area contributed by atoms with Gasteiger partial charge in [-0.1, -0.05) is 60.7 Å². The quantitative estimate of drug-likeness (QED) is 0.894. The van der Waals surface area contributed by atoms with E-state index >= 15 is 0 Å². The van der Waals surface area contributed by atoms with E-state index in [1.54, 1.807) is 0 Å². The molecule has 3 unspecified atom stereocenters. The molecule has 27 heavy (non-hydrogen) atoms. The van der Waals surface area contributed by atoms with Crippen LogP contribution in [0, 0.1) is 17.3 Å². The van der Waals surface area contributed by atoms with Crippen molar-refractivity contribution in [2.45, 2.75) is 43.9 Å². The highest BCUT2D eigenvalue weighted by molar-refractivity contribution is 5.27. The molecule has 3 aliphatic rings. The third kappa shape index (κ3) is 2.84. The van der Waals surface area contributed by atoms with E-state index in [-0.39, 0.29) is 5.41 Å². The Morgan fingerprint density at radius 1 is 0.815 bits per heavy atom. The standard InChI is InChI=1S/C24H29NO2/c25-21-13-20-17-24(26-11-12-27-24)23(22(20)14-21,15-18-7-3-1-4-8-18)16-19-9-5-2-6-10-19/h1-10,20-22H,11-17,25H2. The van der Waals surface area contributed by atoms with Crippen molar-refractivity contribution in [3.05, 3.63) is 71.8 Å². The summed E-state index contributed by atoms with van der Waals surface area (Å²) in [6.07, 6.45) is 5.14. The summed E-state index contributed by atoms with van der Waals surface area (Å²) in [4.78, 5) is 0. The van der Waals surface area contributed by atoms with Gasteiger partial charge in [0.05, 0.1) is 13.2 Å². The Hall–Kier alpha value is -1.68. The topological polar surface area (TPSA) is 44.5 Å². The minimum absolute atomic E-state index is 0.0645. The first kappa shape index (κ1) is 17.4. The van der Waals surface area contributed by atoms with Crippen LogP contribution in [0.4, 0.5) is 0 Å². The van der Waals surface area contributed by atoms with Crippen molar-refractivity contribution in [2.24, 2.45) is 23.0 Å². The number of hydrogen-bond donors (Lipinski definition) is 1. The molecule has 3 nitrogen and oxygen atoms in total. The third-order valence-corrected chi connectivity index (χ3v) is 7.21. The van der Waals surface area contributed by atoms with E-state index in [0.717, 1.165) is 32.1 Å². The maximum atomic E-state index is 6.47. The molecule has 0 amide bonds. The van der Waals surface area contributed by atoms with Gasteiger partial charge >= 0.3 is 0 Å². The molecule has 0 radical (unpaired) electrons. The highest BCUT2D eigenvalue weighted by Gasteiger charge is 2.68. The van der Waals surface area contributed by atoms with Crippen LogP contribution in [-0.4, -0.2) is 25.0 Å². The predicted octanol–water partition coefficient (Wildman–Crippen LogP) is 3.96. The van der Waals surface area contributed by atoms with E-state index in [9.17, 15) is 0 Å². The predicted molar refractivity (Wildman–Crippen MR) is 106 cm³/mol. The number of hydrogen-bond acceptors (Lipinski definition) is 3. The summed E-state index contributed by atoms with van der Waals surface area (Å²) in [6, 6.07) is 22.0. The first-order valence-corrected chi connectivity index (χ1v) is 10.3. The Morgan fingerprint density at radius 2 is 1.37 bits per heavy atom. The normalized spacial score (nSPS) is 30.6. The van der Waals surface area contributed by atoms with Crippen molar-refractivity contribution in [1.82, 2.24) is 0 Å². The second-order valence-corrected chi connectivity index (χ2v) is 8.73. The molecule has 1 heterocycles. The monoisotopic (exact) mass is 363 g/mol. The van der Waals surface area contributed by atoms with Gasteiger partial charge in [-0.05, 0) is 48.6 Å². The SMILES string of the molecule is NC1CC2CC3(OCCO3)C(Cc3ccccc3)(Cc3ccccc3)C2C1. The van der Waals surface area contributed by atoms with Crippen molar-refractivity contribution in [2.75, 3.05) is 13.2 Å². The molecule has 2 N–H and O–H groups in total. The first-order chi connectivity index (χ1) is 13.2. The van der Waals surface area contributed by atoms with E-state index in [1.807, 2.05) is 0 Å². The largest absolute Gasteiger partial charge is 0.347 e. The summed E-state index contributed by atoms with van der Waals surface area (Å²) >= 11 is 0. The molecule has 2 saturated carbocycles. The molecule has 2 aromatic carbocycles. The Kier molecular flexibility index (Phi) is 4.34. The zero-order chi connectivity index (χ0) is 18.3. The average molecular weight is 364 g/mol. The Morgan fingerprint density at radius 3 is 1.93 bits per heavy atom. The van der Waals surface area contributed by atoms with Crippen LogP contribution >= 0.6 is 0 Å². The molecule has 3 fully saturated rings. The van der Waals surface area contributed by atoms with Crippen LogP contribution in [-0.2, 0) is 22.3 Å². The van der Waals surface area contributed by atoms with Crippen LogP contribution in [0.3, 0.4) is 0 Å². The molecule has 5 rings (SSSR count). The lowest BCUT2D eigenvalue weighted by Crippen LogP contribution is -2.51. The van der Waals surface area contributed by atoms with Gasteiger partial charge in [0, 0.05) is 17.9 Å². The van der Waals surface area contributed by atoms with E-state index in [0.29, 0.717) is 31.1 Å². The average Bonchev–Trinajstić information content (AvgIpc) is 3.35. The van der Waals surface area contributed by atoms with Gasteiger partial charge in [-0.3, -0.25) is 0 Å². The van der Waals surface area contributed by atoms with E-state index in [1.165, 1.54) is 11.1 Å². The van der Waals surface area contributed by atoms with Crippen molar-refractivity contribution in [1.29, 1.82) is 0 Å². The van der Waals surface area contributed by atoms with Gasteiger partial charge in [-0.25, -0.2) is 0 Å². The van der Waals surface area contributed by atoms with Crippen LogP contribution in [0.1, 0.15) is 30.4 Å². The molecule has 1 aliphatic heterocycles. The number of benzene rings is 2. The highest BCUT2D eigenvalue weighted by atomic mass is 16.7. The summed E-state index contributed by atoms with van der Waals surface area (Å²) in [6.45, 7) is 1.41. The molecular formula is C24H29NO2. The van der Waals surface area contributed by atoms with Crippen LogP contribution in [0.25, 0.3) is 0 Å². The fourth-order valence-corrected chi connectivity index (χ4v) is 6.28. The molecular weight excluding hydrogens is 334 g/mol. The smallest absolute Gasteiger partial charge is 0.175 e. The van der Waals surface area contributed by atoms with Gasteiger partial charge in [0.1, 0.15) is 0 Å². The minimum atomic E-state index is -0.464. The molecule has 2 aliphatic carbocycles. The first-order valence-electron chi connectivity index (χ1n) is 10.3. The van der Waals surface area contributed by atoms with Gasteiger partial charge in [-0.15, -0.1) is 0 Å². The molecule has 2 aromatic rings. The summed E-state index contributed by atoms with van der Waals surface area (Å²) < 4.78 is 12.9. The maximum absolute atomic E-state index is 6.47. The van der Waals surface area contributed by atoms with Gasteiger partial charge < -0.3 is 15.2 Å². The lowest BCUT2D eigenvalue weighted by Gasteiger charge is -2.46. The maximum Gasteiger partial charge on any atom is 0.175 e. The van der Waals surface area contributed by atoms with Crippen LogP contribution < -0.4 is 5.73 Å². The Balaban J connectivity index is 1.62. The fraction of sp³-hybridized carbons (Fsp3) is 0.500. The molecule has 3 heteroatoms. The Labute approximate surface area is 161 Å². The summed E-state index contributed by atoms with van der Waals surface area (Å²) in [7, 11) is 0. The van der Waals surface area contributed by atoms with Crippen molar-refractivity contribution in [3.8, 4) is 0 Å². The minimum Gasteiger partial charge on any atom is -0.347 e. The molecule has 142 valence electrons. The second-order valence-electron chi connectivity index (χ2n) is 8.73. The van der Waals surface area contributed by atoms with Crippen LogP contribution in [0.15, 0.2) is 60.7 Å². The summed E-state index contributed by atoms with van der Waals surface area (Å²) in [5.41, 5.74) is 9.11. The van der Waals surface area contributed by atoms with Crippen molar-refractivity contribution >= 4 is 0 Å². The summed E-state index contributed by atoms with van der Waals surface area (Å²) in [5.74, 6) is 0.685. The molecule has 1 spiro atoms. The zero-order valence-electron chi connectivity index (χ0n) is 15.8. The molecule has 1 saturated heterocycles. The molecule has 0 bridgehead atoms. The number of rotatable bonds is 4. The zero-order valence-corrected chi connectivity index (χ0v) is 15.8. The Bertz CT molecular complexity index is 728. The van der Waals surface area contributed by atoms with Crippen LogP contribution in [0.5, 0.6) is 0 Å². The van der Waals surface area contributed by atoms with E-state index < -0.39 is 5.79 Å². The van der Waals surface area contributed by atoms with Gasteiger partial charge in [0.15, 0.2) is 5.79 Å². The lowest BCUT2D eigenvalue weighted by atomic mass is 9.65. The third-order valence-electron chi connectivity index (χ3n) is 7.21. The van der Waals surface area contributed by atoms with Crippen molar-refractivity contribution in [3.63, 3.8) is 0 Å². The van der Waals surface area contributed by atoms with E-state index in [2.05, 4.69) is 60.7 Å². The van der Waals surface area contributed by atoms with Crippen LogP contribution in [0.2, 0.25) is 0 Å². The number of fused-ring (bicyclic) bond motifs is 1. The van der Waals surface area contributed by atoms with Crippen molar-refractivity contribution < 1.29 is 9.47 Å². The lowest BCUT2D eigenvalue weighted by molar-refractivity contribution is -0.231. The fourth-order valence-electron chi connectivity index (χ4n) is 6.28. The van der Waals surface area contributed by atoms with Gasteiger partial charge in [0.2, 0.25) is 0 Å². The molecule has 3 atom stereocenters. The number of ether oxygens (including phenoxy) is 2. The van der Waals surface area contributed by atoms with E-state index in [4.69, 9.17) is 15.2 Å². The number of nitrogens with two attached hydrogens (primary N) is 1. The second kappa shape index (κ2) is 6.73. The molecule has 0 aromatic heterocycles. The van der Waals surface area contributed by atoms with Gasteiger partial charge in [-0.2, -0.15) is 0 Å². The highest BCUT2D eigenvalue weighted by Crippen LogP contribution is 2.64. The summed E-state index contributed by atoms with van der Waals surface area (Å²) in [5, 5.41) is 0. The van der Waals surface area contributed by atoms with Gasteiger partial charge in [0.25, 0.3) is 0 Å².